The van der Waals surface area contributed by atoms with Gasteiger partial charge in [-0.25, -0.2) is 0 Å². The molecule has 5 nitrogen and oxygen atoms in total. The number of rotatable bonds is 4. The normalized spacial score (nSPS) is 12.2. The molecule has 20 heavy (non-hydrogen) atoms. The first-order chi connectivity index (χ1) is 9.47. The van der Waals surface area contributed by atoms with E-state index in [1.807, 2.05) is 0 Å². The number of phenols is 4. The molecule has 2 aromatic carbocycles. The first-order valence-corrected chi connectivity index (χ1v) is 6.18. The molecule has 0 aliphatic heterocycles. The quantitative estimate of drug-likeness (QED) is 0.551. The largest absolute Gasteiger partial charge is 0.508 e. The van der Waals surface area contributed by atoms with E-state index in [4.69, 9.17) is 0 Å². The number of phenolic OH excluding ortho intramolecular Hbond substituents is 4. The van der Waals surface area contributed by atoms with Crippen LogP contribution in [-0.4, -0.2) is 25.5 Å². The predicted molar refractivity (Wildman–Crippen MR) is 72.8 cm³/mol. The average Bonchev–Trinajstić information content (AvgIpc) is 2.40. The van der Waals surface area contributed by atoms with E-state index in [0.717, 1.165) is 0 Å². The summed E-state index contributed by atoms with van der Waals surface area (Å²) >= 11 is 0. The Labute approximate surface area is 116 Å². The lowest BCUT2D eigenvalue weighted by Crippen LogP contribution is -2.00. The highest BCUT2D eigenvalue weighted by Crippen LogP contribution is 2.32. The van der Waals surface area contributed by atoms with Crippen LogP contribution < -0.4 is 0 Å². The molecule has 1 atom stereocenters. The standard InChI is InChI=1S/C15H16O5/c16-10-4-6-14(19)12(7-10)13(18)5-2-9-1-3-11(17)8-15(9)20/h1,3-4,6-8,13,16-20H,2,5H2. The van der Waals surface area contributed by atoms with E-state index < -0.39 is 6.10 Å². The molecule has 0 saturated heterocycles. The van der Waals surface area contributed by atoms with Crippen LogP contribution in [0.1, 0.15) is 23.7 Å². The Hall–Kier alpha value is -2.40. The molecule has 2 rings (SSSR count). The summed E-state index contributed by atoms with van der Waals surface area (Å²) < 4.78 is 0. The molecule has 0 aliphatic carbocycles. The van der Waals surface area contributed by atoms with Crippen molar-refractivity contribution in [2.75, 3.05) is 0 Å². The van der Waals surface area contributed by atoms with Crippen LogP contribution in [0.15, 0.2) is 36.4 Å². The van der Waals surface area contributed by atoms with E-state index in [1.165, 1.54) is 30.3 Å². The minimum Gasteiger partial charge on any atom is -0.508 e. The highest BCUT2D eigenvalue weighted by Gasteiger charge is 2.14. The molecular formula is C15H16O5. The average molecular weight is 276 g/mol. The second-order valence-corrected chi connectivity index (χ2v) is 4.61. The van der Waals surface area contributed by atoms with Crippen molar-refractivity contribution < 1.29 is 25.5 Å². The fourth-order valence-corrected chi connectivity index (χ4v) is 2.02. The summed E-state index contributed by atoms with van der Waals surface area (Å²) in [6, 6.07) is 8.19. The predicted octanol–water partition coefficient (Wildman–Crippen LogP) is 2.18. The highest BCUT2D eigenvalue weighted by atomic mass is 16.3. The Bertz CT molecular complexity index is 609. The van der Waals surface area contributed by atoms with Gasteiger partial charge in [-0.3, -0.25) is 0 Å². The molecule has 0 bridgehead atoms. The van der Waals surface area contributed by atoms with E-state index in [2.05, 4.69) is 0 Å². The third-order valence-corrected chi connectivity index (χ3v) is 3.13. The first kappa shape index (κ1) is 14.0. The van der Waals surface area contributed by atoms with E-state index in [-0.39, 0.29) is 35.0 Å². The number of aliphatic hydroxyl groups is 1. The molecular weight excluding hydrogens is 260 g/mol. The molecule has 0 aromatic heterocycles. The van der Waals surface area contributed by atoms with Gasteiger partial charge in [0, 0.05) is 11.6 Å². The van der Waals surface area contributed by atoms with Gasteiger partial charge in [-0.2, -0.15) is 0 Å². The fourth-order valence-electron chi connectivity index (χ4n) is 2.02. The van der Waals surface area contributed by atoms with Gasteiger partial charge in [-0.1, -0.05) is 6.07 Å². The number of aromatic hydroxyl groups is 4. The molecule has 5 N–H and O–H groups in total. The Kier molecular flexibility index (Phi) is 4.00. The van der Waals surface area contributed by atoms with Crippen LogP contribution in [0.5, 0.6) is 23.0 Å². The number of aliphatic hydroxyl groups excluding tert-OH is 1. The fraction of sp³-hybridized carbons (Fsp3) is 0.200. The monoisotopic (exact) mass is 276 g/mol. The Balaban J connectivity index is 2.08. The Morgan fingerprint density at radius 1 is 0.800 bits per heavy atom. The molecule has 1 unspecified atom stereocenters. The third-order valence-electron chi connectivity index (χ3n) is 3.13. The van der Waals surface area contributed by atoms with E-state index in [9.17, 15) is 25.5 Å². The summed E-state index contributed by atoms with van der Waals surface area (Å²) in [5.74, 6) is -0.204. The lowest BCUT2D eigenvalue weighted by Gasteiger charge is -2.13. The van der Waals surface area contributed by atoms with Gasteiger partial charge in [-0.05, 0) is 42.7 Å². The van der Waals surface area contributed by atoms with Crippen LogP contribution in [0, 0.1) is 0 Å². The van der Waals surface area contributed by atoms with Crippen LogP contribution in [0.2, 0.25) is 0 Å². The van der Waals surface area contributed by atoms with Crippen LogP contribution in [-0.2, 0) is 6.42 Å². The summed E-state index contributed by atoms with van der Waals surface area (Å²) in [5.41, 5.74) is 0.824. The van der Waals surface area contributed by atoms with Gasteiger partial charge in [0.2, 0.25) is 0 Å². The van der Waals surface area contributed by atoms with Gasteiger partial charge < -0.3 is 25.5 Å². The Morgan fingerprint density at radius 2 is 1.45 bits per heavy atom. The van der Waals surface area contributed by atoms with Crippen LogP contribution in [0.4, 0.5) is 0 Å². The smallest absolute Gasteiger partial charge is 0.122 e. The van der Waals surface area contributed by atoms with Crippen molar-refractivity contribution in [2.24, 2.45) is 0 Å². The second-order valence-electron chi connectivity index (χ2n) is 4.61. The number of hydrogen-bond donors (Lipinski definition) is 5. The van der Waals surface area contributed by atoms with Gasteiger partial charge in [0.05, 0.1) is 6.10 Å². The van der Waals surface area contributed by atoms with Crippen molar-refractivity contribution >= 4 is 0 Å². The third kappa shape index (κ3) is 3.13. The van der Waals surface area contributed by atoms with Crippen molar-refractivity contribution in [1.82, 2.24) is 0 Å². The van der Waals surface area contributed by atoms with Crippen LogP contribution in [0.3, 0.4) is 0 Å². The zero-order chi connectivity index (χ0) is 14.7. The summed E-state index contributed by atoms with van der Waals surface area (Å²) in [5, 5.41) is 47.9. The van der Waals surface area contributed by atoms with Crippen molar-refractivity contribution in [3.05, 3.63) is 47.5 Å². The lowest BCUT2D eigenvalue weighted by atomic mass is 10.00. The van der Waals surface area contributed by atoms with Gasteiger partial charge >= 0.3 is 0 Å². The zero-order valence-electron chi connectivity index (χ0n) is 10.7. The van der Waals surface area contributed by atoms with E-state index in [1.54, 1.807) is 6.07 Å². The molecule has 0 heterocycles. The maximum Gasteiger partial charge on any atom is 0.122 e. The molecule has 0 saturated carbocycles. The zero-order valence-corrected chi connectivity index (χ0v) is 10.7. The maximum absolute atomic E-state index is 10.0. The van der Waals surface area contributed by atoms with Crippen molar-refractivity contribution in [1.29, 1.82) is 0 Å². The van der Waals surface area contributed by atoms with Gasteiger partial charge in [-0.15, -0.1) is 0 Å². The van der Waals surface area contributed by atoms with Crippen molar-refractivity contribution in [3.8, 4) is 23.0 Å². The summed E-state index contributed by atoms with van der Waals surface area (Å²) in [6.07, 6.45) is -0.340. The second kappa shape index (κ2) is 5.71. The minimum atomic E-state index is -0.963. The molecule has 106 valence electrons. The molecule has 0 radical (unpaired) electrons. The van der Waals surface area contributed by atoms with E-state index in [0.29, 0.717) is 12.0 Å². The van der Waals surface area contributed by atoms with E-state index >= 15 is 0 Å². The van der Waals surface area contributed by atoms with Gasteiger partial charge in [0.25, 0.3) is 0 Å². The molecule has 0 fully saturated rings. The minimum absolute atomic E-state index is 0.0302. The van der Waals surface area contributed by atoms with Crippen molar-refractivity contribution in [3.63, 3.8) is 0 Å². The molecule has 5 heteroatoms. The summed E-state index contributed by atoms with van der Waals surface area (Å²) in [4.78, 5) is 0. The van der Waals surface area contributed by atoms with Crippen LogP contribution in [0.25, 0.3) is 0 Å². The summed E-state index contributed by atoms with van der Waals surface area (Å²) in [6.45, 7) is 0. The SMILES string of the molecule is Oc1ccc(CCC(O)c2cc(O)ccc2O)c(O)c1. The maximum atomic E-state index is 10.0. The first-order valence-electron chi connectivity index (χ1n) is 6.18. The molecule has 0 spiro atoms. The summed E-state index contributed by atoms with van der Waals surface area (Å²) in [7, 11) is 0. The van der Waals surface area contributed by atoms with Crippen LogP contribution >= 0.6 is 0 Å². The molecule has 2 aromatic rings. The molecule has 0 amide bonds. The highest BCUT2D eigenvalue weighted by molar-refractivity contribution is 5.41. The molecule has 0 aliphatic rings. The number of benzene rings is 2. The number of hydrogen-bond acceptors (Lipinski definition) is 5. The lowest BCUT2D eigenvalue weighted by molar-refractivity contribution is 0.163. The Morgan fingerprint density at radius 3 is 2.15 bits per heavy atom. The topological polar surface area (TPSA) is 101 Å². The van der Waals surface area contributed by atoms with Crippen molar-refractivity contribution in [2.45, 2.75) is 18.9 Å². The number of aryl methyl sites for hydroxylation is 1. The van der Waals surface area contributed by atoms with Gasteiger partial charge in [0.1, 0.15) is 23.0 Å². The van der Waals surface area contributed by atoms with Gasteiger partial charge in [0.15, 0.2) is 0 Å².